The van der Waals surface area contributed by atoms with Crippen LogP contribution in [0.15, 0.2) is 54.3 Å². The maximum Gasteiger partial charge on any atom is 0.306 e. The van der Waals surface area contributed by atoms with Gasteiger partial charge in [0.1, 0.15) is 18.1 Å². The molecule has 4 atom stereocenters. The van der Waals surface area contributed by atoms with Gasteiger partial charge in [0, 0.05) is 25.2 Å². The number of esters is 1. The lowest BCUT2D eigenvalue weighted by Gasteiger charge is -2.25. The maximum absolute atomic E-state index is 12.9. The summed E-state index contributed by atoms with van der Waals surface area (Å²) in [4.78, 5) is 36.6. The van der Waals surface area contributed by atoms with Crippen molar-refractivity contribution in [2.45, 2.75) is 84.9 Å². The number of anilines is 2. The molecule has 2 heterocycles. The topological polar surface area (TPSA) is 146 Å². The van der Waals surface area contributed by atoms with E-state index in [0.29, 0.717) is 68.7 Å². The minimum absolute atomic E-state index is 0.0368. The summed E-state index contributed by atoms with van der Waals surface area (Å²) in [5.41, 5.74) is 8.88. The Morgan fingerprint density at radius 3 is 2.68 bits per heavy atom. The molecule has 1 aromatic heterocycles. The smallest absolute Gasteiger partial charge is 0.306 e. The van der Waals surface area contributed by atoms with Crippen LogP contribution < -0.4 is 16.6 Å². The Morgan fingerprint density at radius 2 is 1.95 bits per heavy atom. The molecule has 10 nitrogen and oxygen atoms in total. The van der Waals surface area contributed by atoms with Gasteiger partial charge < -0.3 is 20.3 Å². The first-order valence-corrected chi connectivity index (χ1v) is 14.5. The van der Waals surface area contributed by atoms with E-state index in [-0.39, 0.29) is 35.6 Å². The number of aromatic nitrogens is 3. The fraction of sp³-hybridized carbons (Fsp3) is 0.516. The SMILES string of the molecule is CCC1OC(=O)CC[C@H](C)C[C@@H](CC=O)CCC(=O)/C=C/C(C)=C/C1Cn1cc(CN(N)c2ccccc2N)nn1. The quantitative estimate of drug-likeness (QED) is 0.155. The van der Waals surface area contributed by atoms with Crippen molar-refractivity contribution in [3.8, 4) is 0 Å². The molecule has 3 rings (SSSR count). The van der Waals surface area contributed by atoms with E-state index in [9.17, 15) is 14.4 Å². The van der Waals surface area contributed by atoms with E-state index >= 15 is 0 Å². The second kappa shape index (κ2) is 15.9. The molecule has 1 aliphatic heterocycles. The van der Waals surface area contributed by atoms with Crippen molar-refractivity contribution in [1.29, 1.82) is 0 Å². The monoisotopic (exact) mass is 564 g/mol. The second-order valence-corrected chi connectivity index (χ2v) is 11.1. The van der Waals surface area contributed by atoms with Crippen LogP contribution in [0, 0.1) is 17.8 Å². The van der Waals surface area contributed by atoms with Gasteiger partial charge in [-0.25, -0.2) is 5.84 Å². The van der Waals surface area contributed by atoms with Gasteiger partial charge in [0.05, 0.1) is 30.7 Å². The van der Waals surface area contributed by atoms with Crippen LogP contribution >= 0.6 is 0 Å². The number of allylic oxidation sites excluding steroid dienone is 3. The lowest BCUT2D eigenvalue weighted by atomic mass is 9.87. The molecule has 0 saturated carbocycles. The summed E-state index contributed by atoms with van der Waals surface area (Å²) in [6, 6.07) is 7.35. The van der Waals surface area contributed by atoms with Gasteiger partial charge in [0.15, 0.2) is 5.78 Å². The third kappa shape index (κ3) is 10.3. The summed E-state index contributed by atoms with van der Waals surface area (Å²) in [6.07, 6.45) is 11.7. The number of hydrogen-bond donors (Lipinski definition) is 2. The molecule has 1 aliphatic rings. The Hall–Kier alpha value is -3.79. The molecular formula is C31H44N6O4. The van der Waals surface area contributed by atoms with E-state index in [0.717, 1.165) is 18.3 Å². The van der Waals surface area contributed by atoms with Crippen molar-refractivity contribution in [1.82, 2.24) is 15.0 Å². The first-order chi connectivity index (χ1) is 19.7. The summed E-state index contributed by atoms with van der Waals surface area (Å²) >= 11 is 0. The zero-order valence-corrected chi connectivity index (χ0v) is 24.4. The molecule has 1 aromatic carbocycles. The molecule has 0 bridgehead atoms. The highest BCUT2D eigenvalue weighted by molar-refractivity contribution is 5.90. The number of ether oxygens (including phenoxy) is 1. The van der Waals surface area contributed by atoms with Gasteiger partial charge in [0.25, 0.3) is 0 Å². The number of carbonyl (C=O) groups excluding carboxylic acids is 3. The van der Waals surface area contributed by atoms with Crippen LogP contribution in [-0.4, -0.2) is 39.1 Å². The van der Waals surface area contributed by atoms with Crippen LogP contribution in [-0.2, 0) is 32.2 Å². The second-order valence-electron chi connectivity index (χ2n) is 11.1. The Bertz CT molecular complexity index is 1220. The van der Waals surface area contributed by atoms with Gasteiger partial charge in [-0.1, -0.05) is 48.9 Å². The molecule has 2 aromatic rings. The molecule has 41 heavy (non-hydrogen) atoms. The third-order valence-electron chi connectivity index (χ3n) is 7.54. The van der Waals surface area contributed by atoms with E-state index in [1.165, 1.54) is 5.01 Å². The number of hydrazine groups is 1. The average molecular weight is 565 g/mol. The Balaban J connectivity index is 1.79. The van der Waals surface area contributed by atoms with E-state index in [2.05, 4.69) is 17.2 Å². The van der Waals surface area contributed by atoms with Crippen molar-refractivity contribution in [3.63, 3.8) is 0 Å². The number of nitrogen functional groups attached to an aromatic ring is 1. The van der Waals surface area contributed by atoms with Crippen LogP contribution in [0.1, 0.15) is 71.4 Å². The Labute approximate surface area is 242 Å². The van der Waals surface area contributed by atoms with Crippen molar-refractivity contribution < 1.29 is 19.1 Å². The van der Waals surface area contributed by atoms with Gasteiger partial charge in [-0.2, -0.15) is 0 Å². The summed E-state index contributed by atoms with van der Waals surface area (Å²) in [5.74, 6) is 6.23. The van der Waals surface area contributed by atoms with Crippen molar-refractivity contribution in [2.24, 2.45) is 23.6 Å². The fourth-order valence-electron chi connectivity index (χ4n) is 5.27. The van der Waals surface area contributed by atoms with Crippen molar-refractivity contribution in [2.75, 3.05) is 10.7 Å². The largest absolute Gasteiger partial charge is 0.462 e. The third-order valence-corrected chi connectivity index (χ3v) is 7.54. The normalized spacial score (nSPS) is 25.1. The number of hydrogen-bond acceptors (Lipinski definition) is 9. The molecule has 222 valence electrons. The molecule has 0 radical (unpaired) electrons. The first-order valence-electron chi connectivity index (χ1n) is 14.5. The molecule has 4 N–H and O–H groups in total. The number of aldehydes is 1. The minimum Gasteiger partial charge on any atom is -0.462 e. The lowest BCUT2D eigenvalue weighted by Crippen LogP contribution is -2.31. The zero-order chi connectivity index (χ0) is 29.8. The molecule has 0 spiro atoms. The highest BCUT2D eigenvalue weighted by Crippen LogP contribution is 2.26. The molecule has 0 fully saturated rings. The lowest BCUT2D eigenvalue weighted by molar-refractivity contribution is -0.151. The Kier molecular flexibility index (Phi) is 12.3. The summed E-state index contributed by atoms with van der Waals surface area (Å²) in [5, 5.41) is 10.1. The number of rotatable bonds is 8. The van der Waals surface area contributed by atoms with Crippen LogP contribution in [0.25, 0.3) is 0 Å². The number of ketones is 1. The predicted octanol–water partition coefficient (Wildman–Crippen LogP) is 4.56. The minimum atomic E-state index is -0.379. The van der Waals surface area contributed by atoms with Crippen molar-refractivity contribution in [3.05, 3.63) is 60.0 Å². The number of nitrogens with zero attached hydrogens (tertiary/aromatic N) is 4. The molecular weight excluding hydrogens is 520 g/mol. The highest BCUT2D eigenvalue weighted by Gasteiger charge is 2.25. The predicted molar refractivity (Wildman–Crippen MR) is 159 cm³/mol. The summed E-state index contributed by atoms with van der Waals surface area (Å²) in [7, 11) is 0. The summed E-state index contributed by atoms with van der Waals surface area (Å²) < 4.78 is 7.71. The van der Waals surface area contributed by atoms with Crippen LogP contribution in [0.3, 0.4) is 0 Å². The van der Waals surface area contributed by atoms with E-state index < -0.39 is 0 Å². The fourth-order valence-corrected chi connectivity index (χ4v) is 5.27. The summed E-state index contributed by atoms with van der Waals surface area (Å²) in [6.45, 7) is 6.74. The molecule has 0 amide bonds. The van der Waals surface area contributed by atoms with E-state index in [4.69, 9.17) is 16.3 Å². The number of cyclic esters (lactones) is 1. The van der Waals surface area contributed by atoms with Crippen LogP contribution in [0.5, 0.6) is 0 Å². The van der Waals surface area contributed by atoms with Gasteiger partial charge in [-0.15, -0.1) is 5.10 Å². The standard InChI is InChI=1S/C31H44N6O4/c1-4-30-25(19-36-20-26(34-35-36)21-37(33)29-8-6-5-7-28(29)32)18-23(3)9-12-27(39)13-11-24(15-16-38)17-22(2)10-14-31(40)41-30/h5-9,12,16,18,20,22,24-25,30H,4,10-11,13-15,17,19,21,32-33H2,1-3H3/b12-9+,23-18+/t22-,24+,25?,30?/m0/s1. The van der Waals surface area contributed by atoms with Crippen LogP contribution in [0.4, 0.5) is 11.4 Å². The molecule has 0 aliphatic carbocycles. The first kappa shape index (κ1) is 31.7. The van der Waals surface area contributed by atoms with E-state index in [1.54, 1.807) is 22.9 Å². The average Bonchev–Trinajstić information content (AvgIpc) is 3.38. The molecule has 0 saturated heterocycles. The molecule has 10 heteroatoms. The Morgan fingerprint density at radius 1 is 1.17 bits per heavy atom. The maximum atomic E-state index is 12.9. The number of nitrogens with two attached hydrogens (primary N) is 2. The van der Waals surface area contributed by atoms with Gasteiger partial charge in [0.2, 0.25) is 0 Å². The number of para-hydroxylation sites is 2. The molecule has 2 unspecified atom stereocenters. The van der Waals surface area contributed by atoms with Gasteiger partial charge in [-0.3, -0.25) is 14.3 Å². The van der Waals surface area contributed by atoms with E-state index in [1.807, 2.05) is 44.3 Å². The zero-order valence-electron chi connectivity index (χ0n) is 24.4. The van der Waals surface area contributed by atoms with Gasteiger partial charge >= 0.3 is 5.97 Å². The number of benzene rings is 1. The van der Waals surface area contributed by atoms with Crippen LogP contribution in [0.2, 0.25) is 0 Å². The van der Waals surface area contributed by atoms with Gasteiger partial charge in [-0.05, 0) is 62.7 Å². The van der Waals surface area contributed by atoms with Crippen molar-refractivity contribution >= 4 is 29.4 Å². The number of carbonyl (C=O) groups is 3. The highest BCUT2D eigenvalue weighted by atomic mass is 16.5.